The zero-order chi connectivity index (χ0) is 19.4. The third-order valence-electron chi connectivity index (χ3n) is 6.01. The van der Waals surface area contributed by atoms with Crippen LogP contribution in [0.1, 0.15) is 18.4 Å². The van der Waals surface area contributed by atoms with E-state index in [9.17, 15) is 5.11 Å². The number of para-hydroxylation sites is 2. The molecule has 0 spiro atoms. The van der Waals surface area contributed by atoms with Gasteiger partial charge in [0.25, 0.3) is 0 Å². The largest absolute Gasteiger partial charge is 0.506 e. The van der Waals surface area contributed by atoms with Crippen molar-refractivity contribution >= 4 is 35.6 Å². The fourth-order valence-electron chi connectivity index (χ4n) is 4.11. The second kappa shape index (κ2) is 9.69. The first-order valence-corrected chi connectivity index (χ1v) is 10.2. The Labute approximate surface area is 190 Å². The Kier molecular flexibility index (Phi) is 7.27. The quantitative estimate of drug-likeness (QED) is 0.369. The summed E-state index contributed by atoms with van der Waals surface area (Å²) in [5.74, 6) is 1.35. The molecule has 1 heterocycles. The summed E-state index contributed by atoms with van der Waals surface area (Å²) in [6.07, 6.45) is 3.71. The highest BCUT2D eigenvalue weighted by Crippen LogP contribution is 2.47. The van der Waals surface area contributed by atoms with Crippen LogP contribution in [0.2, 0.25) is 0 Å². The van der Waals surface area contributed by atoms with Gasteiger partial charge in [-0.05, 0) is 42.4 Å². The summed E-state index contributed by atoms with van der Waals surface area (Å²) < 4.78 is 0. The Bertz CT molecular complexity index is 815. The van der Waals surface area contributed by atoms with Crippen molar-refractivity contribution in [2.24, 2.45) is 10.4 Å². The number of halogens is 1. The molecule has 5 nitrogen and oxygen atoms in total. The van der Waals surface area contributed by atoms with Crippen LogP contribution in [0.3, 0.4) is 0 Å². The van der Waals surface area contributed by atoms with Crippen LogP contribution in [-0.2, 0) is 6.42 Å². The number of nitrogens with one attached hydrogen (secondary N) is 1. The van der Waals surface area contributed by atoms with Crippen LogP contribution in [0, 0.1) is 5.41 Å². The van der Waals surface area contributed by atoms with Crippen LogP contribution < -0.4 is 10.2 Å². The Hall–Kier alpha value is -1.96. The number of piperazine rings is 1. The lowest BCUT2D eigenvalue weighted by Gasteiger charge is -2.38. The number of phenols is 1. The molecular formula is C23H31IN4O. The van der Waals surface area contributed by atoms with Gasteiger partial charge in [-0.3, -0.25) is 4.99 Å². The first-order valence-electron chi connectivity index (χ1n) is 10.2. The van der Waals surface area contributed by atoms with Gasteiger partial charge < -0.3 is 20.2 Å². The third kappa shape index (κ3) is 5.35. The molecule has 2 aromatic carbocycles. The molecule has 2 fully saturated rings. The summed E-state index contributed by atoms with van der Waals surface area (Å²) in [5.41, 5.74) is 2.73. The Morgan fingerprint density at radius 3 is 2.28 bits per heavy atom. The van der Waals surface area contributed by atoms with Gasteiger partial charge in [-0.15, -0.1) is 24.0 Å². The average Bonchev–Trinajstić information content (AvgIpc) is 3.49. The van der Waals surface area contributed by atoms with E-state index in [-0.39, 0.29) is 24.0 Å². The summed E-state index contributed by atoms with van der Waals surface area (Å²) in [6.45, 7) is 4.55. The predicted octanol–water partition coefficient (Wildman–Crippen LogP) is 3.73. The first-order chi connectivity index (χ1) is 13.7. The fraction of sp³-hybridized carbons (Fsp3) is 0.435. The van der Waals surface area contributed by atoms with Crippen molar-refractivity contribution in [3.8, 4) is 5.75 Å². The topological polar surface area (TPSA) is 51.1 Å². The van der Waals surface area contributed by atoms with E-state index in [1.807, 2.05) is 25.2 Å². The smallest absolute Gasteiger partial charge is 0.193 e. The van der Waals surface area contributed by atoms with E-state index in [2.05, 4.69) is 50.4 Å². The molecule has 6 heteroatoms. The van der Waals surface area contributed by atoms with Gasteiger partial charge in [-0.1, -0.05) is 42.5 Å². The molecule has 1 aliphatic heterocycles. The molecule has 1 saturated carbocycles. The molecule has 2 aliphatic rings. The molecule has 1 aliphatic carbocycles. The van der Waals surface area contributed by atoms with Crippen molar-refractivity contribution in [3.63, 3.8) is 0 Å². The number of benzene rings is 2. The van der Waals surface area contributed by atoms with E-state index in [0.717, 1.165) is 50.8 Å². The maximum Gasteiger partial charge on any atom is 0.193 e. The lowest BCUT2D eigenvalue weighted by Crippen LogP contribution is -2.53. The number of guanidine groups is 1. The summed E-state index contributed by atoms with van der Waals surface area (Å²) in [6, 6.07) is 18.4. The molecule has 156 valence electrons. The Morgan fingerprint density at radius 2 is 1.66 bits per heavy atom. The molecule has 0 atom stereocenters. The van der Waals surface area contributed by atoms with Gasteiger partial charge in [0, 0.05) is 39.8 Å². The van der Waals surface area contributed by atoms with E-state index in [1.54, 1.807) is 6.07 Å². The number of hydrogen-bond donors (Lipinski definition) is 2. The molecule has 0 radical (unpaired) electrons. The normalized spacial score (nSPS) is 18.2. The predicted molar refractivity (Wildman–Crippen MR) is 130 cm³/mol. The van der Waals surface area contributed by atoms with Gasteiger partial charge in [-0.25, -0.2) is 0 Å². The van der Waals surface area contributed by atoms with E-state index < -0.39 is 0 Å². The highest BCUT2D eigenvalue weighted by atomic mass is 127. The van der Waals surface area contributed by atoms with Crippen molar-refractivity contribution in [3.05, 3.63) is 60.2 Å². The third-order valence-corrected chi connectivity index (χ3v) is 6.01. The highest BCUT2D eigenvalue weighted by Gasteiger charge is 2.42. The molecular weight excluding hydrogens is 475 g/mol. The number of phenolic OH excluding ortho intramolecular Hbond substituents is 1. The number of anilines is 1. The molecule has 0 bridgehead atoms. The van der Waals surface area contributed by atoms with Crippen molar-refractivity contribution in [1.29, 1.82) is 0 Å². The lowest BCUT2D eigenvalue weighted by molar-refractivity contribution is 0.363. The minimum absolute atomic E-state index is 0. The second-order valence-corrected chi connectivity index (χ2v) is 8.03. The Balaban J connectivity index is 0.00000240. The van der Waals surface area contributed by atoms with Gasteiger partial charge in [0.05, 0.1) is 5.69 Å². The molecule has 4 rings (SSSR count). The van der Waals surface area contributed by atoms with Gasteiger partial charge in [0.15, 0.2) is 5.96 Å². The van der Waals surface area contributed by atoms with E-state index in [1.165, 1.54) is 18.4 Å². The van der Waals surface area contributed by atoms with Gasteiger partial charge >= 0.3 is 0 Å². The van der Waals surface area contributed by atoms with Crippen molar-refractivity contribution in [2.45, 2.75) is 19.3 Å². The minimum atomic E-state index is 0. The average molecular weight is 506 g/mol. The van der Waals surface area contributed by atoms with Crippen molar-refractivity contribution < 1.29 is 5.11 Å². The van der Waals surface area contributed by atoms with Crippen LogP contribution in [-0.4, -0.2) is 55.7 Å². The number of hydrogen-bond acceptors (Lipinski definition) is 3. The van der Waals surface area contributed by atoms with Crippen LogP contribution >= 0.6 is 24.0 Å². The van der Waals surface area contributed by atoms with Crippen molar-refractivity contribution in [2.75, 3.05) is 44.7 Å². The standard InChI is InChI=1S/C23H30N4O.HI/c1-24-22(25-18-23(11-12-23)17-19-7-3-2-4-8-19)27-15-13-26(14-16-27)20-9-5-6-10-21(20)28;/h2-10,28H,11-18H2,1H3,(H,24,25);1H. The fourth-order valence-corrected chi connectivity index (χ4v) is 4.11. The second-order valence-electron chi connectivity index (χ2n) is 8.03. The maximum atomic E-state index is 10.1. The summed E-state index contributed by atoms with van der Waals surface area (Å²) in [4.78, 5) is 9.10. The number of rotatable bonds is 5. The van der Waals surface area contributed by atoms with Crippen LogP contribution in [0.4, 0.5) is 5.69 Å². The molecule has 2 N–H and O–H groups in total. The zero-order valence-electron chi connectivity index (χ0n) is 17.1. The molecule has 0 amide bonds. The zero-order valence-corrected chi connectivity index (χ0v) is 19.4. The number of aliphatic imine (C=N–C) groups is 1. The molecule has 29 heavy (non-hydrogen) atoms. The van der Waals surface area contributed by atoms with E-state index in [4.69, 9.17) is 0 Å². The van der Waals surface area contributed by atoms with Crippen LogP contribution in [0.15, 0.2) is 59.6 Å². The highest BCUT2D eigenvalue weighted by molar-refractivity contribution is 14.0. The number of aromatic hydroxyl groups is 1. The molecule has 2 aromatic rings. The van der Waals surface area contributed by atoms with E-state index >= 15 is 0 Å². The van der Waals surface area contributed by atoms with Crippen LogP contribution in [0.5, 0.6) is 5.75 Å². The van der Waals surface area contributed by atoms with Gasteiger partial charge in [0.1, 0.15) is 5.75 Å². The summed E-state index contributed by atoms with van der Waals surface area (Å²) in [5, 5.41) is 13.7. The summed E-state index contributed by atoms with van der Waals surface area (Å²) in [7, 11) is 1.87. The maximum absolute atomic E-state index is 10.1. The monoisotopic (exact) mass is 506 g/mol. The minimum Gasteiger partial charge on any atom is -0.506 e. The van der Waals surface area contributed by atoms with Crippen molar-refractivity contribution in [1.82, 2.24) is 10.2 Å². The first kappa shape index (κ1) is 21.7. The lowest BCUT2D eigenvalue weighted by atomic mass is 9.96. The van der Waals surface area contributed by atoms with E-state index in [0.29, 0.717) is 11.2 Å². The summed E-state index contributed by atoms with van der Waals surface area (Å²) >= 11 is 0. The van der Waals surface area contributed by atoms with Gasteiger partial charge in [-0.2, -0.15) is 0 Å². The van der Waals surface area contributed by atoms with Crippen LogP contribution in [0.25, 0.3) is 0 Å². The van der Waals surface area contributed by atoms with Gasteiger partial charge in [0.2, 0.25) is 0 Å². The molecule has 0 unspecified atom stereocenters. The Morgan fingerprint density at radius 1 is 1.00 bits per heavy atom. The molecule has 1 saturated heterocycles. The SMILES string of the molecule is CN=C(NCC1(Cc2ccccc2)CC1)N1CCN(c2ccccc2O)CC1.I. The molecule has 0 aromatic heterocycles. The number of nitrogens with zero attached hydrogens (tertiary/aromatic N) is 3.